The number of hydrogen-bond donors (Lipinski definition) is 1. The monoisotopic (exact) mass is 226 g/mol. The molecule has 0 fully saturated rings. The number of benzene rings is 1. The Morgan fingerprint density at radius 3 is 2.71 bits per heavy atom. The molecule has 2 aromatic rings. The van der Waals surface area contributed by atoms with Crippen LogP contribution in [-0.4, -0.2) is 12.0 Å². The average molecular weight is 227 g/mol. The van der Waals surface area contributed by atoms with E-state index in [1.54, 1.807) is 6.07 Å². The van der Waals surface area contributed by atoms with Crippen molar-refractivity contribution in [1.82, 2.24) is 4.98 Å². The fourth-order valence-corrected chi connectivity index (χ4v) is 1.85. The second-order valence-corrected chi connectivity index (χ2v) is 3.75. The lowest BCUT2D eigenvalue weighted by molar-refractivity contribution is 1.34. The van der Waals surface area contributed by atoms with E-state index in [2.05, 4.69) is 10.3 Å². The summed E-state index contributed by atoms with van der Waals surface area (Å²) in [7, 11) is 1.82. The van der Waals surface area contributed by atoms with Gasteiger partial charge >= 0.3 is 0 Å². The number of nitrogens with one attached hydrogen (secondary N) is 1. The topological polar surface area (TPSA) is 24.9 Å². The molecule has 0 saturated heterocycles. The van der Waals surface area contributed by atoms with Gasteiger partial charge in [-0.1, -0.05) is 23.2 Å². The maximum Gasteiger partial charge on any atom is 0.126 e. The second-order valence-electron chi connectivity index (χ2n) is 2.91. The molecule has 1 heterocycles. The highest BCUT2D eigenvalue weighted by molar-refractivity contribution is 6.38. The minimum atomic E-state index is 0.574. The van der Waals surface area contributed by atoms with Crippen LogP contribution in [0, 0.1) is 0 Å². The molecular weight excluding hydrogens is 219 g/mol. The van der Waals surface area contributed by atoms with Gasteiger partial charge in [0.05, 0.1) is 10.5 Å². The zero-order chi connectivity index (χ0) is 10.1. The predicted molar refractivity (Wildman–Crippen MR) is 61.3 cm³/mol. The Morgan fingerprint density at radius 2 is 2.00 bits per heavy atom. The van der Waals surface area contributed by atoms with Crippen molar-refractivity contribution in [2.24, 2.45) is 0 Å². The molecule has 2 rings (SSSR count). The van der Waals surface area contributed by atoms with Gasteiger partial charge in [-0.05, 0) is 24.3 Å². The Hall–Kier alpha value is -0.990. The number of pyridine rings is 1. The van der Waals surface area contributed by atoms with Crippen LogP contribution in [0.2, 0.25) is 10.0 Å². The molecule has 1 aromatic carbocycles. The Balaban J connectivity index is 2.75. The van der Waals surface area contributed by atoms with Crippen molar-refractivity contribution in [3.8, 4) is 0 Å². The van der Waals surface area contributed by atoms with E-state index < -0.39 is 0 Å². The first-order valence-corrected chi connectivity index (χ1v) is 4.90. The zero-order valence-electron chi connectivity index (χ0n) is 7.51. The number of rotatable bonds is 1. The average Bonchev–Trinajstić information content (AvgIpc) is 2.17. The van der Waals surface area contributed by atoms with E-state index in [9.17, 15) is 0 Å². The number of halogens is 2. The van der Waals surface area contributed by atoms with Gasteiger partial charge < -0.3 is 5.32 Å². The summed E-state index contributed by atoms with van der Waals surface area (Å²) in [5.41, 5.74) is 0.767. The maximum absolute atomic E-state index is 6.02. The predicted octanol–water partition coefficient (Wildman–Crippen LogP) is 3.58. The fourth-order valence-electron chi connectivity index (χ4n) is 1.30. The SMILES string of the molecule is CNc1ccc2cc(Cl)cc(Cl)c2n1. The summed E-state index contributed by atoms with van der Waals surface area (Å²) >= 11 is 11.9. The minimum absolute atomic E-state index is 0.574. The van der Waals surface area contributed by atoms with E-state index in [-0.39, 0.29) is 0 Å². The molecule has 1 aromatic heterocycles. The standard InChI is InChI=1S/C10H8Cl2N2/c1-13-9-3-2-6-4-7(11)5-8(12)10(6)14-9/h2-5H,1H3,(H,13,14). The molecule has 0 aliphatic heterocycles. The van der Waals surface area contributed by atoms with Crippen molar-refractivity contribution in [3.05, 3.63) is 34.3 Å². The molecule has 0 unspecified atom stereocenters. The van der Waals surface area contributed by atoms with Crippen LogP contribution in [0.3, 0.4) is 0 Å². The quantitative estimate of drug-likeness (QED) is 0.805. The third-order valence-electron chi connectivity index (χ3n) is 1.97. The van der Waals surface area contributed by atoms with E-state index in [4.69, 9.17) is 23.2 Å². The molecule has 1 N–H and O–H groups in total. The third-order valence-corrected chi connectivity index (χ3v) is 2.47. The largest absolute Gasteiger partial charge is 0.373 e. The molecule has 0 amide bonds. The van der Waals surface area contributed by atoms with Crippen LogP contribution in [0.25, 0.3) is 10.9 Å². The summed E-state index contributed by atoms with van der Waals surface area (Å²) in [6, 6.07) is 7.36. The Kier molecular flexibility index (Phi) is 2.48. The van der Waals surface area contributed by atoms with Crippen molar-refractivity contribution in [3.63, 3.8) is 0 Å². The van der Waals surface area contributed by atoms with Crippen LogP contribution >= 0.6 is 23.2 Å². The molecular formula is C10H8Cl2N2. The number of aromatic nitrogens is 1. The Labute approximate surface area is 91.9 Å². The first-order valence-electron chi connectivity index (χ1n) is 4.14. The van der Waals surface area contributed by atoms with Crippen molar-refractivity contribution in [1.29, 1.82) is 0 Å². The highest BCUT2D eigenvalue weighted by Crippen LogP contribution is 2.27. The van der Waals surface area contributed by atoms with Crippen molar-refractivity contribution >= 4 is 39.9 Å². The fraction of sp³-hybridized carbons (Fsp3) is 0.100. The van der Waals surface area contributed by atoms with Crippen LogP contribution < -0.4 is 5.32 Å². The van der Waals surface area contributed by atoms with Gasteiger partial charge in [-0.2, -0.15) is 0 Å². The molecule has 0 aliphatic rings. The van der Waals surface area contributed by atoms with E-state index >= 15 is 0 Å². The van der Waals surface area contributed by atoms with Gasteiger partial charge in [0.25, 0.3) is 0 Å². The van der Waals surface area contributed by atoms with Gasteiger partial charge in [-0.25, -0.2) is 4.98 Å². The molecule has 2 nitrogen and oxygen atoms in total. The molecule has 14 heavy (non-hydrogen) atoms. The Morgan fingerprint density at radius 1 is 1.21 bits per heavy atom. The van der Waals surface area contributed by atoms with Crippen molar-refractivity contribution in [2.45, 2.75) is 0 Å². The summed E-state index contributed by atoms with van der Waals surface area (Å²) in [5, 5.41) is 5.10. The zero-order valence-corrected chi connectivity index (χ0v) is 9.02. The van der Waals surface area contributed by atoms with Crippen LogP contribution in [0.4, 0.5) is 5.82 Å². The number of hydrogen-bond acceptors (Lipinski definition) is 2. The molecule has 0 bridgehead atoms. The van der Waals surface area contributed by atoms with Crippen molar-refractivity contribution in [2.75, 3.05) is 12.4 Å². The van der Waals surface area contributed by atoms with E-state index in [1.165, 1.54) is 0 Å². The molecule has 72 valence electrons. The maximum atomic E-state index is 6.02. The highest BCUT2D eigenvalue weighted by atomic mass is 35.5. The van der Waals surface area contributed by atoms with E-state index in [1.807, 2.05) is 25.2 Å². The Bertz CT molecular complexity index is 483. The summed E-state index contributed by atoms with van der Waals surface area (Å²) in [6.45, 7) is 0. The van der Waals surface area contributed by atoms with Crippen molar-refractivity contribution < 1.29 is 0 Å². The van der Waals surface area contributed by atoms with Gasteiger partial charge in [0.1, 0.15) is 5.82 Å². The summed E-state index contributed by atoms with van der Waals surface area (Å²) in [6.07, 6.45) is 0. The van der Waals surface area contributed by atoms with Crippen LogP contribution in [0.1, 0.15) is 0 Å². The minimum Gasteiger partial charge on any atom is -0.373 e. The summed E-state index contributed by atoms with van der Waals surface area (Å²) in [5.74, 6) is 0.793. The van der Waals surface area contributed by atoms with E-state index in [0.29, 0.717) is 10.0 Å². The van der Waals surface area contributed by atoms with Gasteiger partial charge in [0.15, 0.2) is 0 Å². The second kappa shape index (κ2) is 3.64. The van der Waals surface area contributed by atoms with Gasteiger partial charge in [0.2, 0.25) is 0 Å². The van der Waals surface area contributed by atoms with Gasteiger partial charge in [-0.3, -0.25) is 0 Å². The van der Waals surface area contributed by atoms with E-state index in [0.717, 1.165) is 16.7 Å². The normalized spacial score (nSPS) is 10.5. The van der Waals surface area contributed by atoms with Crippen LogP contribution in [0.15, 0.2) is 24.3 Å². The first kappa shape index (κ1) is 9.56. The molecule has 0 saturated carbocycles. The molecule has 4 heteroatoms. The summed E-state index contributed by atoms with van der Waals surface area (Å²) < 4.78 is 0. The molecule has 0 radical (unpaired) electrons. The lowest BCUT2D eigenvalue weighted by atomic mass is 10.2. The molecule has 0 aliphatic carbocycles. The smallest absolute Gasteiger partial charge is 0.126 e. The lowest BCUT2D eigenvalue weighted by Gasteiger charge is -2.03. The number of nitrogens with zero attached hydrogens (tertiary/aromatic N) is 1. The molecule has 0 spiro atoms. The number of anilines is 1. The number of fused-ring (bicyclic) bond motifs is 1. The summed E-state index contributed by atoms with van der Waals surface area (Å²) in [4.78, 5) is 4.33. The third kappa shape index (κ3) is 1.63. The lowest BCUT2D eigenvalue weighted by Crippen LogP contribution is -1.92. The highest BCUT2D eigenvalue weighted by Gasteiger charge is 2.03. The van der Waals surface area contributed by atoms with Gasteiger partial charge in [0, 0.05) is 17.5 Å². The van der Waals surface area contributed by atoms with Crippen LogP contribution in [0.5, 0.6) is 0 Å². The molecule has 0 atom stereocenters. The first-order chi connectivity index (χ1) is 6.70. The van der Waals surface area contributed by atoms with Gasteiger partial charge in [-0.15, -0.1) is 0 Å². The van der Waals surface area contributed by atoms with Crippen LogP contribution in [-0.2, 0) is 0 Å².